The van der Waals surface area contributed by atoms with Crippen LogP contribution in [0.25, 0.3) is 0 Å². The van der Waals surface area contributed by atoms with Crippen LogP contribution in [0.15, 0.2) is 73.3 Å². The van der Waals surface area contributed by atoms with Gasteiger partial charge in [-0.1, -0.05) is 51.1 Å². The molecular formula is C26H32N4O. The van der Waals surface area contributed by atoms with Gasteiger partial charge in [-0.25, -0.2) is 0 Å². The molecular weight excluding hydrogens is 384 g/mol. The first-order valence-electron chi connectivity index (χ1n) is 10.7. The van der Waals surface area contributed by atoms with E-state index in [2.05, 4.69) is 66.0 Å². The van der Waals surface area contributed by atoms with Crippen molar-refractivity contribution in [3.05, 3.63) is 95.6 Å². The third-order valence-corrected chi connectivity index (χ3v) is 5.55. The van der Waals surface area contributed by atoms with Crippen LogP contribution in [0.4, 0.5) is 0 Å². The molecule has 0 radical (unpaired) electrons. The minimum atomic E-state index is -0.322. The lowest BCUT2D eigenvalue weighted by atomic mass is 9.85. The number of amides is 1. The Balaban J connectivity index is 1.91. The van der Waals surface area contributed by atoms with Crippen molar-refractivity contribution < 1.29 is 4.79 Å². The van der Waals surface area contributed by atoms with Crippen molar-refractivity contribution >= 4 is 5.91 Å². The summed E-state index contributed by atoms with van der Waals surface area (Å²) in [6.07, 6.45) is 8.84. The van der Waals surface area contributed by atoms with Crippen LogP contribution in [-0.2, 0) is 23.1 Å². The third-order valence-electron chi connectivity index (χ3n) is 5.55. The number of carbonyl (C=O) groups excluding carboxylic acids is 1. The number of nitrogens with zero attached hydrogens (tertiary/aromatic N) is 3. The molecule has 0 aliphatic heterocycles. The zero-order chi connectivity index (χ0) is 22.3. The lowest BCUT2D eigenvalue weighted by Crippen LogP contribution is -2.39. The van der Waals surface area contributed by atoms with E-state index in [0.29, 0.717) is 0 Å². The van der Waals surface area contributed by atoms with Gasteiger partial charge in [0.1, 0.15) is 0 Å². The molecule has 0 bridgehead atoms. The molecule has 162 valence electrons. The van der Waals surface area contributed by atoms with Gasteiger partial charge >= 0.3 is 0 Å². The first kappa shape index (κ1) is 22.6. The van der Waals surface area contributed by atoms with Crippen LogP contribution >= 0.6 is 0 Å². The molecule has 5 nitrogen and oxygen atoms in total. The van der Waals surface area contributed by atoms with Gasteiger partial charge in [-0.2, -0.15) is 0 Å². The van der Waals surface area contributed by atoms with E-state index in [1.165, 1.54) is 16.7 Å². The summed E-state index contributed by atoms with van der Waals surface area (Å²) < 4.78 is 0. The lowest BCUT2D eigenvalue weighted by molar-refractivity contribution is -0.119. The zero-order valence-corrected chi connectivity index (χ0v) is 18.7. The molecule has 1 aromatic carbocycles. The van der Waals surface area contributed by atoms with Gasteiger partial charge in [0.15, 0.2) is 0 Å². The molecule has 2 N–H and O–H groups in total. The van der Waals surface area contributed by atoms with Crippen LogP contribution in [0, 0.1) is 0 Å². The highest BCUT2D eigenvalue weighted by atomic mass is 16.1. The van der Waals surface area contributed by atoms with Crippen LogP contribution in [0.2, 0.25) is 0 Å². The van der Waals surface area contributed by atoms with Crippen LogP contribution in [0.1, 0.15) is 49.1 Å². The maximum atomic E-state index is 12.0. The maximum Gasteiger partial charge on any atom is 0.231 e. The maximum absolute atomic E-state index is 12.0. The second kappa shape index (κ2) is 10.3. The number of nitrogens with two attached hydrogens (primary N) is 1. The average Bonchev–Trinajstić information content (AvgIpc) is 2.76. The van der Waals surface area contributed by atoms with Gasteiger partial charge in [0.2, 0.25) is 5.91 Å². The quantitative estimate of drug-likeness (QED) is 0.570. The van der Waals surface area contributed by atoms with Gasteiger partial charge in [0, 0.05) is 37.4 Å². The van der Waals surface area contributed by atoms with Crippen LogP contribution < -0.4 is 5.73 Å². The second-order valence-electron chi connectivity index (χ2n) is 9.00. The van der Waals surface area contributed by atoms with E-state index in [9.17, 15) is 4.79 Å². The Morgan fingerprint density at radius 3 is 2.26 bits per heavy atom. The normalized spacial score (nSPS) is 12.6. The Morgan fingerprint density at radius 2 is 1.68 bits per heavy atom. The molecule has 1 unspecified atom stereocenters. The SMILES string of the molecule is CC(C)(C)c1ccc(C(Cc2cccnc2)N(CCc2ccncc2)CC(N)=O)cc1. The summed E-state index contributed by atoms with van der Waals surface area (Å²) in [5.74, 6) is -0.322. The highest BCUT2D eigenvalue weighted by Gasteiger charge is 2.23. The molecule has 31 heavy (non-hydrogen) atoms. The molecule has 2 aromatic heterocycles. The first-order valence-corrected chi connectivity index (χ1v) is 10.7. The topological polar surface area (TPSA) is 72.1 Å². The molecule has 0 aliphatic carbocycles. The number of hydrogen-bond acceptors (Lipinski definition) is 4. The molecule has 0 spiro atoms. The molecule has 0 saturated heterocycles. The van der Waals surface area contributed by atoms with Crippen molar-refractivity contribution in [2.45, 2.75) is 45.1 Å². The number of pyridine rings is 2. The fraction of sp³-hybridized carbons (Fsp3) is 0.346. The van der Waals surface area contributed by atoms with Crippen molar-refractivity contribution in [2.75, 3.05) is 13.1 Å². The Bertz CT molecular complexity index is 950. The number of carbonyl (C=O) groups is 1. The highest BCUT2D eigenvalue weighted by molar-refractivity contribution is 5.76. The molecule has 0 fully saturated rings. The summed E-state index contributed by atoms with van der Waals surface area (Å²) >= 11 is 0. The number of primary amides is 1. The number of rotatable bonds is 9. The number of benzene rings is 1. The third kappa shape index (κ3) is 6.72. The lowest BCUT2D eigenvalue weighted by Gasteiger charge is -2.32. The van der Waals surface area contributed by atoms with Gasteiger partial charge in [-0.15, -0.1) is 0 Å². The summed E-state index contributed by atoms with van der Waals surface area (Å²) in [7, 11) is 0. The fourth-order valence-corrected chi connectivity index (χ4v) is 3.77. The smallest absolute Gasteiger partial charge is 0.231 e. The van der Waals surface area contributed by atoms with Gasteiger partial charge in [-0.05, 0) is 58.7 Å². The van der Waals surface area contributed by atoms with E-state index in [1.807, 2.05) is 24.4 Å². The van der Waals surface area contributed by atoms with E-state index >= 15 is 0 Å². The zero-order valence-electron chi connectivity index (χ0n) is 18.7. The molecule has 1 atom stereocenters. The summed E-state index contributed by atoms with van der Waals surface area (Å²) in [5, 5.41) is 0. The Labute approximate surface area is 185 Å². The summed E-state index contributed by atoms with van der Waals surface area (Å²) in [6, 6.07) is 16.8. The van der Waals surface area contributed by atoms with Crippen molar-refractivity contribution in [3.63, 3.8) is 0 Å². The summed E-state index contributed by atoms with van der Waals surface area (Å²) in [5.41, 5.74) is 10.5. The monoisotopic (exact) mass is 416 g/mol. The number of aromatic nitrogens is 2. The van der Waals surface area contributed by atoms with Crippen molar-refractivity contribution in [1.29, 1.82) is 0 Å². The predicted molar refractivity (Wildman–Crippen MR) is 125 cm³/mol. The Hall–Kier alpha value is -3.05. The van der Waals surface area contributed by atoms with Crippen LogP contribution in [0.5, 0.6) is 0 Å². The van der Waals surface area contributed by atoms with Crippen LogP contribution in [-0.4, -0.2) is 33.9 Å². The van der Waals surface area contributed by atoms with Crippen molar-refractivity contribution in [1.82, 2.24) is 14.9 Å². The molecule has 1 amide bonds. The summed E-state index contributed by atoms with van der Waals surface area (Å²) in [4.78, 5) is 22.5. The van der Waals surface area contributed by atoms with Crippen LogP contribution in [0.3, 0.4) is 0 Å². The number of hydrogen-bond donors (Lipinski definition) is 1. The predicted octanol–water partition coefficient (Wildman–Crippen LogP) is 4.09. The van der Waals surface area contributed by atoms with E-state index < -0.39 is 0 Å². The molecule has 0 saturated carbocycles. The van der Waals surface area contributed by atoms with E-state index in [0.717, 1.165) is 24.9 Å². The average molecular weight is 417 g/mol. The first-order chi connectivity index (χ1) is 14.8. The molecule has 3 aromatic rings. The molecule has 0 aliphatic rings. The molecule has 2 heterocycles. The minimum absolute atomic E-state index is 0.0209. The van der Waals surface area contributed by atoms with E-state index in [1.54, 1.807) is 18.6 Å². The molecule has 5 heteroatoms. The highest BCUT2D eigenvalue weighted by Crippen LogP contribution is 2.29. The van der Waals surface area contributed by atoms with E-state index in [-0.39, 0.29) is 23.9 Å². The standard InChI is InChI=1S/C26H32N4O/c1-26(2,3)23-8-6-22(7-9-23)24(17-21-5-4-13-29-18-21)30(19-25(27)31)16-12-20-10-14-28-15-11-20/h4-11,13-15,18,24H,12,16-17,19H2,1-3H3,(H2,27,31). The van der Waals surface area contributed by atoms with Gasteiger partial charge in [-0.3, -0.25) is 19.7 Å². The minimum Gasteiger partial charge on any atom is -0.369 e. The van der Waals surface area contributed by atoms with Gasteiger partial charge < -0.3 is 5.73 Å². The Morgan fingerprint density at radius 1 is 0.968 bits per heavy atom. The summed E-state index contributed by atoms with van der Waals surface area (Å²) in [6.45, 7) is 7.56. The van der Waals surface area contributed by atoms with Crippen molar-refractivity contribution in [3.8, 4) is 0 Å². The van der Waals surface area contributed by atoms with Crippen molar-refractivity contribution in [2.24, 2.45) is 5.73 Å². The largest absolute Gasteiger partial charge is 0.369 e. The van der Waals surface area contributed by atoms with E-state index in [4.69, 9.17) is 5.73 Å². The second-order valence-corrected chi connectivity index (χ2v) is 9.00. The van der Waals surface area contributed by atoms with Gasteiger partial charge in [0.25, 0.3) is 0 Å². The Kier molecular flexibility index (Phi) is 7.53. The fourth-order valence-electron chi connectivity index (χ4n) is 3.77. The van der Waals surface area contributed by atoms with Gasteiger partial charge in [0.05, 0.1) is 6.54 Å². The molecule has 3 rings (SSSR count).